The van der Waals surface area contributed by atoms with Crippen LogP contribution < -0.4 is 0 Å². The minimum absolute atomic E-state index is 0.188. The second-order valence-electron chi connectivity index (χ2n) is 2.45. The van der Waals surface area contributed by atoms with Crippen molar-refractivity contribution in [1.82, 2.24) is 0 Å². The number of rotatable bonds is 5. The summed E-state index contributed by atoms with van der Waals surface area (Å²) in [5.41, 5.74) is -1.18. The average Bonchev–Trinajstić information content (AvgIpc) is 1.82. The highest BCUT2D eigenvalue weighted by Gasteiger charge is 2.41. The maximum absolute atomic E-state index is 10.6. The molecule has 0 aliphatic rings. The van der Waals surface area contributed by atoms with Crippen LogP contribution in [-0.4, -0.2) is 36.2 Å². The second kappa shape index (κ2) is 4.57. The molecule has 5 N–H and O–H groups in total. The highest BCUT2D eigenvalue weighted by Crippen LogP contribution is 2.47. The van der Waals surface area contributed by atoms with E-state index < -0.39 is 33.6 Å². The van der Waals surface area contributed by atoms with Gasteiger partial charge in [0.05, 0.1) is 12.6 Å². The zero-order valence-corrected chi connectivity index (χ0v) is 8.36. The first-order valence-electron chi connectivity index (χ1n) is 3.28. The highest BCUT2D eigenvalue weighted by atomic mass is 31.2. The van der Waals surface area contributed by atoms with Gasteiger partial charge in [0.25, 0.3) is 0 Å². The van der Waals surface area contributed by atoms with Crippen LogP contribution in [0.3, 0.4) is 0 Å². The summed E-state index contributed by atoms with van der Waals surface area (Å²) in [6, 6.07) is 0. The number of hydrogen-bond acceptors (Lipinski definition) is 5. The molecule has 0 aromatic rings. The van der Waals surface area contributed by atoms with Gasteiger partial charge >= 0.3 is 21.1 Å². The summed E-state index contributed by atoms with van der Waals surface area (Å²) in [7, 11) is -8.64. The molecule has 0 saturated carbocycles. The zero-order valence-electron chi connectivity index (χ0n) is 6.57. The van der Waals surface area contributed by atoms with Gasteiger partial charge < -0.3 is 9.79 Å². The van der Waals surface area contributed by atoms with E-state index >= 15 is 0 Å². The molecule has 0 bridgehead atoms. The van der Waals surface area contributed by atoms with Gasteiger partial charge in [0, 0.05) is 0 Å². The van der Waals surface area contributed by atoms with Crippen LogP contribution in [0.15, 0.2) is 0 Å². The first kappa shape index (κ1) is 13.1. The molecule has 0 aliphatic heterocycles. The van der Waals surface area contributed by atoms with Gasteiger partial charge in [-0.2, -0.15) is 14.7 Å². The van der Waals surface area contributed by atoms with Crippen LogP contribution in [0.25, 0.3) is 0 Å². The highest BCUT2D eigenvalue weighted by molar-refractivity contribution is 7.76. The average molecular weight is 233 g/mol. The lowest BCUT2D eigenvalue weighted by Gasteiger charge is -2.03. The Morgan fingerprint density at radius 3 is 2.00 bits per heavy atom. The molecule has 0 saturated heterocycles. The Bertz CT molecular complexity index is 225. The quantitative estimate of drug-likeness (QED) is 0.392. The van der Waals surface area contributed by atoms with E-state index in [1.165, 1.54) is 0 Å². The Hall–Kier alpha value is 0.130. The molecule has 0 unspecified atom stereocenters. The molecule has 0 aromatic carbocycles. The van der Waals surface area contributed by atoms with E-state index in [-0.39, 0.29) is 6.42 Å². The molecule has 0 rings (SSSR count). The third-order valence-electron chi connectivity index (χ3n) is 1.17. The smallest absolute Gasteiger partial charge is 0.324 e. The minimum Gasteiger partial charge on any atom is -0.324 e. The van der Waals surface area contributed by atoms with Gasteiger partial charge in [-0.15, -0.1) is 0 Å². The lowest BCUT2D eigenvalue weighted by atomic mass is 10.4. The Labute approximate surface area is 74.8 Å². The van der Waals surface area contributed by atoms with Crippen molar-refractivity contribution in [3.8, 4) is 0 Å². The third-order valence-corrected chi connectivity index (χ3v) is 2.97. The molecular weight excluding hydrogens is 222 g/mol. The van der Waals surface area contributed by atoms with Crippen LogP contribution in [0.2, 0.25) is 0 Å². The van der Waals surface area contributed by atoms with Crippen LogP contribution in [0.5, 0.6) is 0 Å². The normalized spacial score (nSPS) is 13.0. The summed E-state index contributed by atoms with van der Waals surface area (Å²) in [6.07, 6.45) is -1.16. The van der Waals surface area contributed by atoms with Gasteiger partial charge in [-0.1, -0.05) is 0 Å². The van der Waals surface area contributed by atoms with Crippen molar-refractivity contribution in [3.05, 3.63) is 0 Å². The van der Waals surface area contributed by atoms with Crippen molar-refractivity contribution in [2.24, 2.45) is 0 Å². The second-order valence-corrected chi connectivity index (χ2v) is 5.87. The van der Waals surface area contributed by atoms with E-state index in [1.54, 1.807) is 0 Å². The molecule has 0 aliphatic carbocycles. The fourth-order valence-electron chi connectivity index (χ4n) is 0.586. The summed E-state index contributed by atoms with van der Waals surface area (Å²) in [5.74, 6) is 0. The van der Waals surface area contributed by atoms with Crippen LogP contribution in [-0.2, 0) is 9.36 Å². The van der Waals surface area contributed by atoms with Gasteiger partial charge in [-0.25, -0.2) is 4.79 Å². The van der Waals surface area contributed by atoms with Crippen molar-refractivity contribution in [2.45, 2.75) is 12.8 Å². The largest absolute Gasteiger partial charge is 0.478 e. The van der Waals surface area contributed by atoms with Gasteiger partial charge in [0.2, 0.25) is 0 Å². The van der Waals surface area contributed by atoms with E-state index in [2.05, 4.69) is 0 Å². The summed E-state index contributed by atoms with van der Waals surface area (Å²) in [5, 5.41) is 0. The summed E-state index contributed by atoms with van der Waals surface area (Å²) in [6.45, 7) is 0. The number of carbonyl (C=O) groups is 1. The first-order valence-corrected chi connectivity index (χ1v) is 6.72. The van der Waals surface area contributed by atoms with Crippen molar-refractivity contribution in [1.29, 1.82) is 0 Å². The van der Waals surface area contributed by atoms with E-state index in [1.807, 2.05) is 0 Å². The molecule has 7 nitrogen and oxygen atoms in total. The van der Waals surface area contributed by atoms with Crippen molar-refractivity contribution < 1.29 is 33.8 Å². The first-order chi connectivity index (χ1) is 5.63. The molecule has 0 fully saturated rings. The summed E-state index contributed by atoms with van der Waals surface area (Å²) >= 11 is 0. The molecule has 0 amide bonds. The van der Waals surface area contributed by atoms with Gasteiger partial charge in [0.15, 0.2) is 0 Å². The fraction of sp³-hybridized carbons (Fsp3) is 0.750. The third kappa shape index (κ3) is 7.22. The molecule has 0 radical (unpaired) electrons. The topological polar surface area (TPSA) is 135 Å². The van der Waals surface area contributed by atoms with E-state index in [4.69, 9.17) is 24.5 Å². The standard InChI is InChI=1S/C4H10O7P2/c5-4(13(9,10)11)2-1-3-12(6,7)8/h9-11H,1-3H2,(H-,6,7,8)/p+1. The lowest BCUT2D eigenvalue weighted by Crippen LogP contribution is -2.05. The van der Waals surface area contributed by atoms with Crippen LogP contribution in [0.4, 0.5) is 0 Å². The van der Waals surface area contributed by atoms with Gasteiger partial charge in [0.1, 0.15) is 0 Å². The molecule has 9 heteroatoms. The number of carbonyl (C=O) groups excluding carboxylic acids is 1. The maximum Gasteiger partial charge on any atom is 0.478 e. The van der Waals surface area contributed by atoms with Crippen molar-refractivity contribution in [3.63, 3.8) is 0 Å². The molecule has 0 atom stereocenters. The van der Waals surface area contributed by atoms with E-state index in [0.29, 0.717) is 0 Å². The van der Waals surface area contributed by atoms with Crippen LogP contribution in [0, 0.1) is 0 Å². The number of hydrogen-bond donors (Lipinski definition) is 5. The predicted octanol–water partition coefficient (Wildman–Crippen LogP) is -0.790. The summed E-state index contributed by atoms with van der Waals surface area (Å²) < 4.78 is 10.3. The van der Waals surface area contributed by atoms with Gasteiger partial charge in [-0.3, -0.25) is 4.57 Å². The Morgan fingerprint density at radius 2 is 1.69 bits per heavy atom. The van der Waals surface area contributed by atoms with Crippen LogP contribution in [0.1, 0.15) is 12.8 Å². The minimum atomic E-state index is -4.48. The predicted molar refractivity (Wildman–Crippen MR) is 44.7 cm³/mol. The molecule has 0 aromatic heterocycles. The zero-order chi connectivity index (χ0) is 10.7. The van der Waals surface area contributed by atoms with Crippen molar-refractivity contribution in [2.75, 3.05) is 6.16 Å². The molecule has 13 heavy (non-hydrogen) atoms. The molecule has 0 spiro atoms. The Balaban J connectivity index is 3.80. The SMILES string of the molecule is O=C(CCCP(=O)(O)O)[P+](O)(O)O. The maximum atomic E-state index is 10.6. The van der Waals surface area contributed by atoms with E-state index in [0.717, 1.165) is 0 Å². The Morgan fingerprint density at radius 1 is 1.23 bits per heavy atom. The Kier molecular flexibility index (Phi) is 4.62. The summed E-state index contributed by atoms with van der Waals surface area (Å²) in [4.78, 5) is 52.5. The van der Waals surface area contributed by atoms with Crippen molar-refractivity contribution >= 4 is 21.1 Å². The van der Waals surface area contributed by atoms with Gasteiger partial charge in [-0.05, 0) is 6.42 Å². The monoisotopic (exact) mass is 233 g/mol. The van der Waals surface area contributed by atoms with Crippen LogP contribution >= 0.6 is 15.5 Å². The lowest BCUT2D eigenvalue weighted by molar-refractivity contribution is -0.114. The molecular formula is C4H11O7P2+. The molecule has 78 valence electrons. The molecule has 0 heterocycles. The van der Waals surface area contributed by atoms with E-state index in [9.17, 15) is 9.36 Å². The fourth-order valence-corrected chi connectivity index (χ4v) is 1.61.